The molecular weight excluding hydrogens is 340 g/mol. The van der Waals surface area contributed by atoms with Crippen LogP contribution in [0.15, 0.2) is 88.8 Å². The summed E-state index contributed by atoms with van der Waals surface area (Å²) in [5.74, 6) is 0. The highest BCUT2D eigenvalue weighted by Gasteiger charge is 2.15. The van der Waals surface area contributed by atoms with Crippen molar-refractivity contribution in [3.8, 4) is 0 Å². The Hall–Kier alpha value is -2.97. The van der Waals surface area contributed by atoms with Crippen LogP contribution in [0.2, 0.25) is 0 Å². The van der Waals surface area contributed by atoms with Gasteiger partial charge in [-0.25, -0.2) is 0 Å². The van der Waals surface area contributed by atoms with Crippen molar-refractivity contribution in [2.45, 2.75) is 0 Å². The van der Waals surface area contributed by atoms with E-state index in [-0.39, 0.29) is 6.00 Å². The fourth-order valence-electron chi connectivity index (χ4n) is 3.35. The second kappa shape index (κ2) is 7.11. The second-order valence-electron chi connectivity index (χ2n) is 6.03. The Balaban J connectivity index is 2.02. The quantitative estimate of drug-likeness (QED) is 0.231. The molecule has 0 fully saturated rings. The fourth-order valence-corrected chi connectivity index (χ4v) is 3.47. The lowest BCUT2D eigenvalue weighted by Crippen LogP contribution is -2.05. The standard InChI is InChI=1S/C23H17ClN2/c1-25-21-13-12-17-7-4-5-9-20(17)22(21)23(26-15-24)19-11-10-16-6-2-3-8-18(16)14-19/h2-14H,1,15H2/b26-23-. The highest BCUT2D eigenvalue weighted by atomic mass is 35.5. The lowest BCUT2D eigenvalue weighted by atomic mass is 9.93. The maximum Gasteiger partial charge on any atom is 0.114 e. The van der Waals surface area contributed by atoms with Crippen molar-refractivity contribution in [2.75, 3.05) is 6.00 Å². The molecule has 0 spiro atoms. The summed E-state index contributed by atoms with van der Waals surface area (Å²) in [5.41, 5.74) is 3.63. The normalized spacial score (nSPS) is 11.8. The number of alkyl halides is 1. The minimum atomic E-state index is 0.183. The van der Waals surface area contributed by atoms with Gasteiger partial charge in [-0.05, 0) is 40.4 Å². The van der Waals surface area contributed by atoms with E-state index in [1.54, 1.807) is 0 Å². The van der Waals surface area contributed by atoms with E-state index in [9.17, 15) is 0 Å². The van der Waals surface area contributed by atoms with Crippen LogP contribution in [0, 0.1) is 0 Å². The average molecular weight is 357 g/mol. The van der Waals surface area contributed by atoms with Gasteiger partial charge < -0.3 is 0 Å². The molecule has 4 rings (SSSR count). The SMILES string of the molecule is C=Nc1ccc2ccccc2c1/C(=N\CCl)c1ccc2ccccc2c1. The smallest absolute Gasteiger partial charge is 0.114 e. The first-order valence-electron chi connectivity index (χ1n) is 8.40. The molecule has 0 radical (unpaired) electrons. The van der Waals surface area contributed by atoms with E-state index in [4.69, 9.17) is 11.6 Å². The van der Waals surface area contributed by atoms with E-state index in [0.29, 0.717) is 0 Å². The molecule has 0 saturated heterocycles. The summed E-state index contributed by atoms with van der Waals surface area (Å²) in [6.07, 6.45) is 0. The number of aliphatic imine (C=N–C) groups is 2. The molecule has 0 N–H and O–H groups in total. The number of fused-ring (bicyclic) bond motifs is 2. The monoisotopic (exact) mass is 356 g/mol. The zero-order valence-corrected chi connectivity index (χ0v) is 14.9. The predicted molar refractivity (Wildman–Crippen MR) is 113 cm³/mol. The molecule has 0 aliphatic carbocycles. The minimum absolute atomic E-state index is 0.183. The summed E-state index contributed by atoms with van der Waals surface area (Å²) in [6, 6.07) is 27.1. The van der Waals surface area contributed by atoms with Gasteiger partial charge in [0.05, 0.1) is 11.4 Å². The molecule has 3 heteroatoms. The lowest BCUT2D eigenvalue weighted by molar-refractivity contribution is 1.35. The first kappa shape index (κ1) is 16.5. The highest BCUT2D eigenvalue weighted by Crippen LogP contribution is 2.31. The molecule has 0 aliphatic heterocycles. The fraction of sp³-hybridized carbons (Fsp3) is 0.0435. The lowest BCUT2D eigenvalue weighted by Gasteiger charge is -2.14. The maximum absolute atomic E-state index is 6.03. The number of hydrogen-bond donors (Lipinski definition) is 0. The Morgan fingerprint density at radius 3 is 2.27 bits per heavy atom. The average Bonchev–Trinajstić information content (AvgIpc) is 2.71. The van der Waals surface area contributed by atoms with Gasteiger partial charge in [-0.15, -0.1) is 11.6 Å². The molecule has 0 aromatic heterocycles. The number of halogens is 1. The van der Waals surface area contributed by atoms with Crippen LogP contribution in [0.5, 0.6) is 0 Å². The van der Waals surface area contributed by atoms with Crippen LogP contribution in [0.25, 0.3) is 21.5 Å². The number of rotatable bonds is 4. The van der Waals surface area contributed by atoms with E-state index in [1.807, 2.05) is 30.3 Å². The van der Waals surface area contributed by atoms with Gasteiger partial charge in [-0.3, -0.25) is 9.98 Å². The molecule has 2 nitrogen and oxygen atoms in total. The van der Waals surface area contributed by atoms with Crippen LogP contribution in [0.3, 0.4) is 0 Å². The van der Waals surface area contributed by atoms with Crippen molar-refractivity contribution in [1.29, 1.82) is 0 Å². The van der Waals surface area contributed by atoms with Crippen molar-refractivity contribution >= 4 is 51.3 Å². The minimum Gasteiger partial charge on any atom is -0.268 e. The van der Waals surface area contributed by atoms with Gasteiger partial charge in [0.15, 0.2) is 0 Å². The van der Waals surface area contributed by atoms with Gasteiger partial charge in [0, 0.05) is 11.1 Å². The van der Waals surface area contributed by atoms with Crippen molar-refractivity contribution in [1.82, 2.24) is 0 Å². The Morgan fingerprint density at radius 1 is 0.808 bits per heavy atom. The van der Waals surface area contributed by atoms with Gasteiger partial charge in [0.1, 0.15) is 6.00 Å². The summed E-state index contributed by atoms with van der Waals surface area (Å²) in [7, 11) is 0. The number of hydrogen-bond acceptors (Lipinski definition) is 2. The Morgan fingerprint density at radius 2 is 1.50 bits per heavy atom. The zero-order chi connectivity index (χ0) is 17.9. The van der Waals surface area contributed by atoms with Gasteiger partial charge in [-0.1, -0.05) is 66.7 Å². The van der Waals surface area contributed by atoms with E-state index >= 15 is 0 Å². The first-order valence-corrected chi connectivity index (χ1v) is 8.93. The van der Waals surface area contributed by atoms with Crippen molar-refractivity contribution in [2.24, 2.45) is 9.98 Å². The number of benzene rings is 4. The molecule has 0 aliphatic rings. The Kier molecular flexibility index (Phi) is 4.51. The van der Waals surface area contributed by atoms with Gasteiger partial charge in [0.2, 0.25) is 0 Å². The summed E-state index contributed by atoms with van der Waals surface area (Å²) in [4.78, 5) is 8.86. The predicted octanol–water partition coefficient (Wildman–Crippen LogP) is 6.36. The van der Waals surface area contributed by atoms with E-state index in [0.717, 1.165) is 33.3 Å². The molecule has 26 heavy (non-hydrogen) atoms. The van der Waals surface area contributed by atoms with Crippen LogP contribution in [0.4, 0.5) is 5.69 Å². The van der Waals surface area contributed by atoms with Crippen molar-refractivity contribution in [3.05, 3.63) is 90.0 Å². The third-order valence-electron chi connectivity index (χ3n) is 4.55. The van der Waals surface area contributed by atoms with Gasteiger partial charge >= 0.3 is 0 Å². The molecular formula is C23H17ClN2. The third kappa shape index (κ3) is 2.89. The summed E-state index contributed by atoms with van der Waals surface area (Å²) < 4.78 is 0. The molecule has 0 bridgehead atoms. The Labute approximate surface area is 157 Å². The van der Waals surface area contributed by atoms with E-state index in [2.05, 4.69) is 65.2 Å². The van der Waals surface area contributed by atoms with Crippen LogP contribution >= 0.6 is 11.6 Å². The zero-order valence-electron chi connectivity index (χ0n) is 14.2. The largest absolute Gasteiger partial charge is 0.268 e. The van der Waals surface area contributed by atoms with Crippen LogP contribution < -0.4 is 0 Å². The van der Waals surface area contributed by atoms with Gasteiger partial charge in [0.25, 0.3) is 0 Å². The van der Waals surface area contributed by atoms with E-state index in [1.165, 1.54) is 10.8 Å². The number of nitrogens with zero attached hydrogens (tertiary/aromatic N) is 2. The molecule has 4 aromatic carbocycles. The highest BCUT2D eigenvalue weighted by molar-refractivity contribution is 6.25. The molecule has 0 heterocycles. The Bertz CT molecular complexity index is 1150. The summed E-state index contributed by atoms with van der Waals surface area (Å²) >= 11 is 6.03. The first-order chi connectivity index (χ1) is 12.8. The van der Waals surface area contributed by atoms with Crippen LogP contribution in [-0.4, -0.2) is 18.4 Å². The summed E-state index contributed by atoms with van der Waals surface area (Å²) in [6.45, 7) is 3.75. The molecule has 4 aromatic rings. The third-order valence-corrected chi connectivity index (χ3v) is 4.67. The second-order valence-corrected chi connectivity index (χ2v) is 6.27. The van der Waals surface area contributed by atoms with Gasteiger partial charge in [-0.2, -0.15) is 0 Å². The molecule has 0 saturated carbocycles. The summed E-state index contributed by atoms with van der Waals surface area (Å²) in [5, 5.41) is 4.59. The van der Waals surface area contributed by atoms with Crippen LogP contribution in [0.1, 0.15) is 11.1 Å². The maximum atomic E-state index is 6.03. The van der Waals surface area contributed by atoms with E-state index < -0.39 is 0 Å². The molecule has 0 atom stereocenters. The van der Waals surface area contributed by atoms with Crippen LogP contribution in [-0.2, 0) is 0 Å². The topological polar surface area (TPSA) is 24.7 Å². The van der Waals surface area contributed by atoms with Crippen molar-refractivity contribution in [3.63, 3.8) is 0 Å². The molecule has 126 valence electrons. The molecule has 0 amide bonds. The molecule has 0 unspecified atom stereocenters. The van der Waals surface area contributed by atoms with Crippen molar-refractivity contribution < 1.29 is 0 Å².